The lowest BCUT2D eigenvalue weighted by molar-refractivity contribution is -0.141. The van der Waals surface area contributed by atoms with E-state index in [0.717, 1.165) is 12.8 Å². The van der Waals surface area contributed by atoms with E-state index in [1.807, 2.05) is 0 Å². The maximum absolute atomic E-state index is 12.6. The lowest BCUT2D eigenvalue weighted by Gasteiger charge is -2.10. The summed E-state index contributed by atoms with van der Waals surface area (Å²) in [7, 11) is -6.39. The number of anilines is 1. The molecule has 3 N–H and O–H groups in total. The minimum absolute atomic E-state index is 0.00169. The molecule has 0 aromatic heterocycles. The summed E-state index contributed by atoms with van der Waals surface area (Å²) in [5, 5.41) is 2.41. The van der Waals surface area contributed by atoms with Crippen molar-refractivity contribution in [1.82, 2.24) is 10.0 Å². The molecule has 0 unspecified atom stereocenters. The van der Waals surface area contributed by atoms with Crippen molar-refractivity contribution in [3.05, 3.63) is 54.1 Å². The highest BCUT2D eigenvalue weighted by Crippen LogP contribution is 2.23. The SMILES string of the molecule is COC(=O)CNC(=O)Cc1ccc(NS(=O)(=O)c2ccc(S(=O)(=O)NC3CC3)cc2)cc1. The monoisotopic (exact) mass is 481 g/mol. The molecule has 0 bridgehead atoms. The molecule has 1 aliphatic carbocycles. The van der Waals surface area contributed by atoms with E-state index in [9.17, 15) is 26.4 Å². The van der Waals surface area contributed by atoms with Crippen molar-refractivity contribution in [2.45, 2.75) is 35.1 Å². The number of ether oxygens (including phenoxy) is 1. The van der Waals surface area contributed by atoms with Crippen LogP contribution in [0.2, 0.25) is 0 Å². The van der Waals surface area contributed by atoms with Crippen LogP contribution in [0.25, 0.3) is 0 Å². The average molecular weight is 482 g/mol. The number of hydrogen-bond acceptors (Lipinski definition) is 7. The predicted molar refractivity (Wildman–Crippen MR) is 116 cm³/mol. The highest BCUT2D eigenvalue weighted by Gasteiger charge is 2.28. The average Bonchev–Trinajstić information content (AvgIpc) is 3.56. The van der Waals surface area contributed by atoms with Gasteiger partial charge in [0.05, 0.1) is 23.3 Å². The Labute approximate surface area is 186 Å². The standard InChI is InChI=1S/C20H23N3O7S2/c1-30-20(25)13-21-19(24)12-14-2-4-15(5-3-14)22-31(26,27)17-8-10-18(11-9-17)32(28,29)23-16-6-7-16/h2-5,8-11,16,22-23H,6-7,12-13H2,1H3,(H,21,24). The summed E-state index contributed by atoms with van der Waals surface area (Å²) in [5.74, 6) is -0.942. The van der Waals surface area contributed by atoms with Gasteiger partial charge in [0, 0.05) is 11.7 Å². The summed E-state index contributed by atoms with van der Waals surface area (Å²) in [6.07, 6.45) is 1.61. The molecule has 172 valence electrons. The number of hydrogen-bond donors (Lipinski definition) is 3. The molecule has 1 aliphatic rings. The molecule has 0 spiro atoms. The Bertz CT molecular complexity index is 1190. The van der Waals surface area contributed by atoms with Gasteiger partial charge in [-0.25, -0.2) is 21.6 Å². The van der Waals surface area contributed by atoms with Crippen molar-refractivity contribution in [2.24, 2.45) is 0 Å². The third kappa shape index (κ3) is 6.52. The molecule has 1 fully saturated rings. The van der Waals surface area contributed by atoms with Gasteiger partial charge in [-0.2, -0.15) is 0 Å². The van der Waals surface area contributed by atoms with Crippen molar-refractivity contribution < 1.29 is 31.2 Å². The maximum Gasteiger partial charge on any atom is 0.325 e. The van der Waals surface area contributed by atoms with Crippen LogP contribution < -0.4 is 14.8 Å². The number of methoxy groups -OCH3 is 1. The van der Waals surface area contributed by atoms with Crippen LogP contribution in [0.15, 0.2) is 58.3 Å². The quantitative estimate of drug-likeness (QED) is 0.424. The second kappa shape index (κ2) is 9.67. The van der Waals surface area contributed by atoms with Crippen molar-refractivity contribution in [2.75, 3.05) is 18.4 Å². The molecular weight excluding hydrogens is 458 g/mol. The zero-order chi connectivity index (χ0) is 23.4. The highest BCUT2D eigenvalue weighted by molar-refractivity contribution is 7.92. The van der Waals surface area contributed by atoms with Gasteiger partial charge in [-0.3, -0.25) is 14.3 Å². The predicted octanol–water partition coefficient (Wildman–Crippen LogP) is 0.760. The van der Waals surface area contributed by atoms with E-state index in [1.165, 1.54) is 43.5 Å². The second-order valence-electron chi connectivity index (χ2n) is 7.20. The van der Waals surface area contributed by atoms with E-state index in [2.05, 4.69) is 19.5 Å². The fraction of sp³-hybridized carbons (Fsp3) is 0.300. The van der Waals surface area contributed by atoms with Gasteiger partial charge in [-0.05, 0) is 54.8 Å². The van der Waals surface area contributed by atoms with Crippen LogP contribution in [0, 0.1) is 0 Å². The molecule has 1 amide bonds. The Kier molecular flexibility index (Phi) is 7.16. The molecule has 0 heterocycles. The first-order valence-corrected chi connectivity index (χ1v) is 12.6. The van der Waals surface area contributed by atoms with Gasteiger partial charge in [0.2, 0.25) is 15.9 Å². The highest BCUT2D eigenvalue weighted by atomic mass is 32.2. The van der Waals surface area contributed by atoms with Crippen molar-refractivity contribution in [3.63, 3.8) is 0 Å². The molecule has 0 radical (unpaired) electrons. The number of carbonyl (C=O) groups excluding carboxylic acids is 2. The molecular formula is C20H23N3O7S2. The van der Waals surface area contributed by atoms with E-state index in [0.29, 0.717) is 5.56 Å². The molecule has 2 aromatic carbocycles. The molecule has 32 heavy (non-hydrogen) atoms. The molecule has 1 saturated carbocycles. The van der Waals surface area contributed by atoms with Gasteiger partial charge in [0.15, 0.2) is 0 Å². The summed E-state index contributed by atoms with van der Waals surface area (Å²) in [6.45, 7) is -0.232. The number of esters is 1. The van der Waals surface area contributed by atoms with Gasteiger partial charge >= 0.3 is 5.97 Å². The van der Waals surface area contributed by atoms with Crippen LogP contribution in [0.5, 0.6) is 0 Å². The zero-order valence-electron chi connectivity index (χ0n) is 17.2. The van der Waals surface area contributed by atoms with E-state index < -0.39 is 26.0 Å². The zero-order valence-corrected chi connectivity index (χ0v) is 18.8. The Hall–Kier alpha value is -2.96. The van der Waals surface area contributed by atoms with Crippen LogP contribution in [-0.4, -0.2) is 48.4 Å². The minimum atomic E-state index is -3.94. The number of benzene rings is 2. The Morgan fingerprint density at radius 3 is 2.00 bits per heavy atom. The van der Waals surface area contributed by atoms with Crippen LogP contribution in [0.4, 0.5) is 5.69 Å². The second-order valence-corrected chi connectivity index (χ2v) is 10.6. The van der Waals surface area contributed by atoms with Crippen LogP contribution in [-0.2, 0) is 40.8 Å². The van der Waals surface area contributed by atoms with E-state index in [-0.39, 0.29) is 40.4 Å². The third-order valence-electron chi connectivity index (χ3n) is 4.57. The number of sulfonamides is 2. The summed E-state index contributed by atoms with van der Waals surface area (Å²) in [4.78, 5) is 22.8. The van der Waals surface area contributed by atoms with Crippen molar-refractivity contribution in [1.29, 1.82) is 0 Å². The van der Waals surface area contributed by atoms with E-state index in [4.69, 9.17) is 0 Å². The fourth-order valence-corrected chi connectivity index (χ4v) is 5.05. The molecule has 0 saturated heterocycles. The lowest BCUT2D eigenvalue weighted by Crippen LogP contribution is -2.31. The van der Waals surface area contributed by atoms with E-state index in [1.54, 1.807) is 12.1 Å². The smallest absolute Gasteiger partial charge is 0.325 e. The topological polar surface area (TPSA) is 148 Å². The summed E-state index contributed by atoms with van der Waals surface area (Å²) in [5.41, 5.74) is 0.892. The van der Waals surface area contributed by atoms with Gasteiger partial charge in [0.25, 0.3) is 10.0 Å². The number of amides is 1. The molecule has 3 rings (SSSR count). The van der Waals surface area contributed by atoms with Crippen LogP contribution in [0.3, 0.4) is 0 Å². The van der Waals surface area contributed by atoms with Gasteiger partial charge in [-0.15, -0.1) is 0 Å². The first-order valence-electron chi connectivity index (χ1n) is 9.67. The molecule has 10 nitrogen and oxygen atoms in total. The van der Waals surface area contributed by atoms with E-state index >= 15 is 0 Å². The number of rotatable bonds is 10. The van der Waals surface area contributed by atoms with Crippen LogP contribution >= 0.6 is 0 Å². The summed E-state index contributed by atoms with van der Waals surface area (Å²) < 4.78 is 59.0. The Morgan fingerprint density at radius 2 is 1.47 bits per heavy atom. The fourth-order valence-electron chi connectivity index (χ4n) is 2.68. The number of carbonyl (C=O) groups is 2. The third-order valence-corrected chi connectivity index (χ3v) is 7.51. The lowest BCUT2D eigenvalue weighted by atomic mass is 10.1. The summed E-state index contributed by atoms with van der Waals surface area (Å²) >= 11 is 0. The first-order chi connectivity index (χ1) is 15.1. The molecule has 12 heteroatoms. The minimum Gasteiger partial charge on any atom is -0.468 e. The maximum atomic E-state index is 12.6. The van der Waals surface area contributed by atoms with Crippen molar-refractivity contribution in [3.8, 4) is 0 Å². The Morgan fingerprint density at radius 1 is 0.906 bits per heavy atom. The number of nitrogens with one attached hydrogen (secondary N) is 3. The van der Waals surface area contributed by atoms with Crippen molar-refractivity contribution >= 4 is 37.6 Å². The summed E-state index contributed by atoms with van der Waals surface area (Å²) in [6, 6.07) is 11.0. The molecule has 2 aromatic rings. The normalized spacial score (nSPS) is 13.9. The van der Waals surface area contributed by atoms with Gasteiger partial charge in [-0.1, -0.05) is 12.1 Å². The first kappa shape index (κ1) is 23.7. The largest absolute Gasteiger partial charge is 0.468 e. The van der Waals surface area contributed by atoms with Gasteiger partial charge in [0.1, 0.15) is 6.54 Å². The molecule has 0 aliphatic heterocycles. The molecule has 0 atom stereocenters. The van der Waals surface area contributed by atoms with Gasteiger partial charge < -0.3 is 10.1 Å². The van der Waals surface area contributed by atoms with Crippen LogP contribution in [0.1, 0.15) is 18.4 Å². The Balaban J connectivity index is 1.61.